The highest BCUT2D eigenvalue weighted by molar-refractivity contribution is 6.04. The van der Waals surface area contributed by atoms with E-state index in [4.69, 9.17) is 14.2 Å². The predicted molar refractivity (Wildman–Crippen MR) is 115 cm³/mol. The minimum Gasteiger partial charge on any atom is -0.494 e. The van der Waals surface area contributed by atoms with Gasteiger partial charge in [-0.3, -0.25) is 4.79 Å². The molecule has 1 N–H and O–H groups in total. The van der Waals surface area contributed by atoms with Gasteiger partial charge in [-0.05, 0) is 55.7 Å². The lowest BCUT2D eigenvalue weighted by atomic mass is 10.2. The molecule has 0 aliphatic carbocycles. The largest absolute Gasteiger partial charge is 0.494 e. The number of rotatable bonds is 11. The van der Waals surface area contributed by atoms with Crippen molar-refractivity contribution in [1.29, 1.82) is 0 Å². The third-order valence-electron chi connectivity index (χ3n) is 4.93. The summed E-state index contributed by atoms with van der Waals surface area (Å²) in [5.74, 6) is 1.36. The second kappa shape index (κ2) is 11.5. The van der Waals surface area contributed by atoms with E-state index in [1.165, 1.54) is 19.3 Å². The standard InChI is InChI=1S/C24H31NO4/c1-2-3-4-5-15-27-22-9-6-8-20(17-22)25-24(26)19-11-13-21(14-12-19)29-18-23-10-7-16-28-23/h6,8-9,11-14,17,23H,2-5,7,10,15-16,18H2,1H3,(H,25,26). The number of unbranched alkanes of at least 4 members (excludes halogenated alkanes) is 3. The van der Waals surface area contributed by atoms with Crippen LogP contribution in [-0.4, -0.2) is 31.8 Å². The molecule has 2 aromatic rings. The van der Waals surface area contributed by atoms with Crippen LogP contribution in [0.2, 0.25) is 0 Å². The van der Waals surface area contributed by atoms with Gasteiger partial charge in [0.1, 0.15) is 18.1 Å². The Labute approximate surface area is 173 Å². The fourth-order valence-corrected chi connectivity index (χ4v) is 3.25. The topological polar surface area (TPSA) is 56.8 Å². The number of hydrogen-bond donors (Lipinski definition) is 1. The molecule has 3 rings (SSSR count). The van der Waals surface area contributed by atoms with E-state index in [1.54, 1.807) is 12.1 Å². The Morgan fingerprint density at radius 3 is 2.69 bits per heavy atom. The molecule has 0 aromatic heterocycles. The second-order valence-corrected chi connectivity index (χ2v) is 7.36. The van der Waals surface area contributed by atoms with Crippen molar-refractivity contribution in [1.82, 2.24) is 0 Å². The van der Waals surface area contributed by atoms with E-state index in [0.29, 0.717) is 18.8 Å². The van der Waals surface area contributed by atoms with E-state index >= 15 is 0 Å². The molecule has 1 fully saturated rings. The quantitative estimate of drug-likeness (QED) is 0.512. The van der Waals surface area contributed by atoms with Crippen molar-refractivity contribution in [2.24, 2.45) is 0 Å². The van der Waals surface area contributed by atoms with Gasteiger partial charge in [0.25, 0.3) is 5.91 Å². The van der Waals surface area contributed by atoms with Crippen LogP contribution < -0.4 is 14.8 Å². The van der Waals surface area contributed by atoms with Crippen LogP contribution in [0.25, 0.3) is 0 Å². The van der Waals surface area contributed by atoms with Crippen LogP contribution in [0, 0.1) is 0 Å². The smallest absolute Gasteiger partial charge is 0.255 e. The van der Waals surface area contributed by atoms with Crippen molar-refractivity contribution in [2.45, 2.75) is 51.6 Å². The van der Waals surface area contributed by atoms with Crippen LogP contribution in [0.1, 0.15) is 55.8 Å². The Kier molecular flexibility index (Phi) is 8.38. The third-order valence-corrected chi connectivity index (χ3v) is 4.93. The highest BCUT2D eigenvalue weighted by Crippen LogP contribution is 2.20. The molecule has 1 unspecified atom stereocenters. The van der Waals surface area contributed by atoms with Gasteiger partial charge in [0, 0.05) is 23.9 Å². The summed E-state index contributed by atoms with van der Waals surface area (Å²) in [6, 6.07) is 14.7. The van der Waals surface area contributed by atoms with E-state index in [-0.39, 0.29) is 12.0 Å². The van der Waals surface area contributed by atoms with Crippen molar-refractivity contribution in [3.05, 3.63) is 54.1 Å². The molecule has 1 atom stereocenters. The number of amides is 1. The van der Waals surface area contributed by atoms with Crippen molar-refractivity contribution >= 4 is 11.6 Å². The van der Waals surface area contributed by atoms with Gasteiger partial charge in [0.05, 0.1) is 12.7 Å². The van der Waals surface area contributed by atoms with Gasteiger partial charge in [0.15, 0.2) is 0 Å². The number of benzene rings is 2. The van der Waals surface area contributed by atoms with E-state index in [0.717, 1.165) is 43.1 Å². The Morgan fingerprint density at radius 1 is 1.07 bits per heavy atom. The number of ether oxygens (including phenoxy) is 3. The van der Waals surface area contributed by atoms with Crippen molar-refractivity contribution < 1.29 is 19.0 Å². The maximum Gasteiger partial charge on any atom is 0.255 e. The van der Waals surface area contributed by atoms with Crippen molar-refractivity contribution in [3.8, 4) is 11.5 Å². The summed E-state index contributed by atoms with van der Waals surface area (Å²) in [4.78, 5) is 12.5. The van der Waals surface area contributed by atoms with Crippen LogP contribution in [0.5, 0.6) is 11.5 Å². The molecule has 1 amide bonds. The minimum atomic E-state index is -0.157. The molecule has 0 saturated carbocycles. The molecule has 156 valence electrons. The van der Waals surface area contributed by atoms with E-state index < -0.39 is 0 Å². The van der Waals surface area contributed by atoms with Gasteiger partial charge in [0.2, 0.25) is 0 Å². The zero-order valence-corrected chi connectivity index (χ0v) is 17.2. The Balaban J connectivity index is 1.47. The van der Waals surface area contributed by atoms with Gasteiger partial charge in [-0.1, -0.05) is 32.3 Å². The predicted octanol–water partition coefficient (Wildman–Crippen LogP) is 5.46. The monoisotopic (exact) mass is 397 g/mol. The molecule has 1 heterocycles. The first kappa shape index (κ1) is 21.2. The molecule has 0 bridgehead atoms. The first-order valence-corrected chi connectivity index (χ1v) is 10.6. The summed E-state index contributed by atoms with van der Waals surface area (Å²) in [5, 5.41) is 2.93. The zero-order chi connectivity index (χ0) is 20.3. The normalized spacial score (nSPS) is 15.8. The van der Waals surface area contributed by atoms with Crippen LogP contribution in [0.15, 0.2) is 48.5 Å². The molecule has 1 aliphatic heterocycles. The highest BCUT2D eigenvalue weighted by Gasteiger charge is 2.16. The molecule has 1 aliphatic rings. The van der Waals surface area contributed by atoms with Crippen LogP contribution >= 0.6 is 0 Å². The molecular formula is C24H31NO4. The summed E-state index contributed by atoms with van der Waals surface area (Å²) >= 11 is 0. The van der Waals surface area contributed by atoms with Gasteiger partial charge in [-0.2, -0.15) is 0 Å². The van der Waals surface area contributed by atoms with Gasteiger partial charge in [-0.15, -0.1) is 0 Å². The number of carbonyl (C=O) groups excluding carboxylic acids is 1. The fourth-order valence-electron chi connectivity index (χ4n) is 3.25. The van der Waals surface area contributed by atoms with Gasteiger partial charge < -0.3 is 19.5 Å². The van der Waals surface area contributed by atoms with Gasteiger partial charge >= 0.3 is 0 Å². The van der Waals surface area contributed by atoms with Crippen molar-refractivity contribution in [2.75, 3.05) is 25.1 Å². The first-order valence-electron chi connectivity index (χ1n) is 10.6. The van der Waals surface area contributed by atoms with E-state index in [2.05, 4.69) is 12.2 Å². The number of nitrogens with one attached hydrogen (secondary N) is 1. The van der Waals surface area contributed by atoms with Crippen LogP contribution in [0.3, 0.4) is 0 Å². The summed E-state index contributed by atoms with van der Waals surface area (Å²) in [6.45, 7) is 4.26. The van der Waals surface area contributed by atoms with Crippen molar-refractivity contribution in [3.63, 3.8) is 0 Å². The summed E-state index contributed by atoms with van der Waals surface area (Å²) in [7, 11) is 0. The molecular weight excluding hydrogens is 366 g/mol. The van der Waals surface area contributed by atoms with Crippen LogP contribution in [-0.2, 0) is 4.74 Å². The zero-order valence-electron chi connectivity index (χ0n) is 17.2. The summed E-state index contributed by atoms with van der Waals surface area (Å²) in [6.07, 6.45) is 6.99. The summed E-state index contributed by atoms with van der Waals surface area (Å²) in [5.41, 5.74) is 1.31. The third kappa shape index (κ3) is 7.09. The molecule has 29 heavy (non-hydrogen) atoms. The van der Waals surface area contributed by atoms with Gasteiger partial charge in [-0.25, -0.2) is 0 Å². The lowest BCUT2D eigenvalue weighted by Gasteiger charge is -2.12. The number of anilines is 1. The lowest BCUT2D eigenvalue weighted by molar-refractivity contribution is 0.0679. The molecule has 0 radical (unpaired) electrons. The minimum absolute atomic E-state index is 0.157. The second-order valence-electron chi connectivity index (χ2n) is 7.36. The molecule has 0 spiro atoms. The Hall–Kier alpha value is -2.53. The maximum atomic E-state index is 12.5. The molecule has 5 heteroatoms. The Bertz CT molecular complexity index is 754. The fraction of sp³-hybridized carbons (Fsp3) is 0.458. The molecule has 5 nitrogen and oxygen atoms in total. The van der Waals surface area contributed by atoms with E-state index in [1.807, 2.05) is 36.4 Å². The SMILES string of the molecule is CCCCCCOc1cccc(NC(=O)c2ccc(OCC3CCCO3)cc2)c1. The Morgan fingerprint density at radius 2 is 1.93 bits per heavy atom. The number of carbonyl (C=O) groups is 1. The molecule has 2 aromatic carbocycles. The van der Waals surface area contributed by atoms with Crippen LogP contribution in [0.4, 0.5) is 5.69 Å². The number of hydrogen-bond acceptors (Lipinski definition) is 4. The average molecular weight is 398 g/mol. The molecule has 1 saturated heterocycles. The lowest BCUT2D eigenvalue weighted by Crippen LogP contribution is -2.16. The first-order chi connectivity index (χ1) is 14.2. The highest BCUT2D eigenvalue weighted by atomic mass is 16.5. The maximum absolute atomic E-state index is 12.5. The average Bonchev–Trinajstić information content (AvgIpc) is 3.26. The van der Waals surface area contributed by atoms with E-state index in [9.17, 15) is 4.79 Å². The summed E-state index contributed by atoms with van der Waals surface area (Å²) < 4.78 is 17.1.